The SMILES string of the molecule is CSNc1ccn(C(=O)N2CCN(Cc3ccc(C(F)(F)F)cc3N3CCN(C(=O)CO)CC3)CC2)n1. The predicted molar refractivity (Wildman–Crippen MR) is 134 cm³/mol. The van der Waals surface area contributed by atoms with Crippen LogP contribution in [0.2, 0.25) is 0 Å². The van der Waals surface area contributed by atoms with Gasteiger partial charge in [-0.15, -0.1) is 5.10 Å². The second-order valence-electron chi connectivity index (χ2n) is 8.86. The summed E-state index contributed by atoms with van der Waals surface area (Å²) in [5, 5.41) is 13.3. The van der Waals surface area contributed by atoms with Gasteiger partial charge in [0.25, 0.3) is 0 Å². The third kappa shape index (κ3) is 6.48. The highest BCUT2D eigenvalue weighted by atomic mass is 32.2. The van der Waals surface area contributed by atoms with Crippen molar-refractivity contribution >= 4 is 35.4 Å². The largest absolute Gasteiger partial charge is 0.416 e. The van der Waals surface area contributed by atoms with Gasteiger partial charge in [-0.05, 0) is 17.7 Å². The van der Waals surface area contributed by atoms with Gasteiger partial charge in [-0.2, -0.15) is 17.9 Å². The minimum absolute atomic E-state index is 0.223. The summed E-state index contributed by atoms with van der Waals surface area (Å²) in [5.74, 6) is 0.207. The second kappa shape index (κ2) is 11.6. The van der Waals surface area contributed by atoms with Crippen LogP contribution in [0.5, 0.6) is 0 Å². The van der Waals surface area contributed by atoms with Crippen molar-refractivity contribution < 1.29 is 27.9 Å². The number of piperazine rings is 2. The van der Waals surface area contributed by atoms with Crippen LogP contribution < -0.4 is 9.62 Å². The molecule has 14 heteroatoms. The molecule has 0 aliphatic carbocycles. The number of aromatic nitrogens is 2. The standard InChI is InChI=1S/C23H30F3N7O3S/c1-37-28-20-4-5-33(27-20)22(36)32-8-6-29(7-9-32)15-17-2-3-18(23(24,25)26)14-19(17)30-10-12-31(13-11-30)21(35)16-34/h2-5,14,34H,6-13,15-16H2,1H3,(H,27,28). The number of anilines is 2. The van der Waals surface area contributed by atoms with Crippen LogP contribution in [0.25, 0.3) is 0 Å². The van der Waals surface area contributed by atoms with Gasteiger partial charge in [-0.25, -0.2) is 4.79 Å². The summed E-state index contributed by atoms with van der Waals surface area (Å²) >= 11 is 1.38. The molecule has 0 radical (unpaired) electrons. The summed E-state index contributed by atoms with van der Waals surface area (Å²) < 4.78 is 44.7. The number of hydrogen-bond acceptors (Lipinski definition) is 8. The number of amides is 2. The predicted octanol–water partition coefficient (Wildman–Crippen LogP) is 2.02. The molecule has 2 fully saturated rings. The molecule has 2 aromatic rings. The van der Waals surface area contributed by atoms with Gasteiger partial charge < -0.3 is 24.5 Å². The molecule has 2 amide bonds. The van der Waals surface area contributed by atoms with Gasteiger partial charge in [0.1, 0.15) is 6.61 Å². The monoisotopic (exact) mass is 541 g/mol. The zero-order chi connectivity index (χ0) is 26.6. The molecule has 1 aromatic carbocycles. The third-order valence-electron chi connectivity index (χ3n) is 6.55. The molecule has 2 N–H and O–H groups in total. The van der Waals surface area contributed by atoms with Gasteiger partial charge >= 0.3 is 12.2 Å². The summed E-state index contributed by atoms with van der Waals surface area (Å²) in [6.07, 6.45) is -0.998. The number of carbonyl (C=O) groups excluding carboxylic acids is 2. The van der Waals surface area contributed by atoms with Crippen LogP contribution in [0.15, 0.2) is 30.5 Å². The number of nitrogens with one attached hydrogen (secondary N) is 1. The molecule has 0 spiro atoms. The summed E-state index contributed by atoms with van der Waals surface area (Å²) in [6.45, 7) is 3.36. The highest BCUT2D eigenvalue weighted by Gasteiger charge is 2.33. The lowest BCUT2D eigenvalue weighted by Crippen LogP contribution is -2.50. The number of hydrogen-bond donors (Lipinski definition) is 2. The van der Waals surface area contributed by atoms with E-state index in [1.807, 2.05) is 11.2 Å². The zero-order valence-corrected chi connectivity index (χ0v) is 21.3. The molecule has 0 atom stereocenters. The van der Waals surface area contributed by atoms with Crippen LogP contribution in [0.3, 0.4) is 0 Å². The molecule has 202 valence electrons. The number of carbonyl (C=O) groups is 2. The van der Waals surface area contributed by atoms with Gasteiger partial charge in [0, 0.05) is 83.1 Å². The van der Waals surface area contributed by atoms with E-state index in [1.165, 1.54) is 33.7 Å². The van der Waals surface area contributed by atoms with Crippen LogP contribution >= 0.6 is 11.9 Å². The number of rotatable bonds is 6. The Morgan fingerprint density at radius 2 is 1.70 bits per heavy atom. The van der Waals surface area contributed by atoms with E-state index >= 15 is 0 Å². The topological polar surface area (TPSA) is 97.2 Å². The van der Waals surface area contributed by atoms with Gasteiger partial charge in [0.2, 0.25) is 5.91 Å². The van der Waals surface area contributed by atoms with Crippen LogP contribution in [0.1, 0.15) is 11.1 Å². The maximum Gasteiger partial charge on any atom is 0.416 e. The molecule has 4 rings (SSSR count). The lowest BCUT2D eigenvalue weighted by atomic mass is 10.1. The Morgan fingerprint density at radius 1 is 1.03 bits per heavy atom. The van der Waals surface area contributed by atoms with Crippen molar-refractivity contribution in [1.82, 2.24) is 24.5 Å². The lowest BCUT2D eigenvalue weighted by Gasteiger charge is -2.38. The van der Waals surface area contributed by atoms with E-state index in [2.05, 4.69) is 14.7 Å². The van der Waals surface area contributed by atoms with Crippen molar-refractivity contribution in [3.63, 3.8) is 0 Å². The molecule has 0 unspecified atom stereocenters. The molecule has 37 heavy (non-hydrogen) atoms. The average molecular weight is 542 g/mol. The molecule has 2 aliphatic rings. The first-order valence-electron chi connectivity index (χ1n) is 11.9. The van der Waals surface area contributed by atoms with Crippen LogP contribution in [0, 0.1) is 0 Å². The number of aliphatic hydroxyl groups excluding tert-OH is 1. The summed E-state index contributed by atoms with van der Waals surface area (Å²) in [7, 11) is 0. The summed E-state index contributed by atoms with van der Waals surface area (Å²) in [5.41, 5.74) is 0.537. The highest BCUT2D eigenvalue weighted by molar-refractivity contribution is 7.99. The number of benzene rings is 1. The zero-order valence-electron chi connectivity index (χ0n) is 20.4. The van der Waals surface area contributed by atoms with Gasteiger partial charge in [-0.1, -0.05) is 18.0 Å². The number of aliphatic hydroxyl groups is 1. The van der Waals surface area contributed by atoms with E-state index in [1.54, 1.807) is 17.2 Å². The fourth-order valence-corrected chi connectivity index (χ4v) is 4.86. The van der Waals surface area contributed by atoms with E-state index < -0.39 is 18.3 Å². The van der Waals surface area contributed by atoms with E-state index in [0.717, 1.165) is 11.6 Å². The Bertz CT molecular complexity index is 1100. The lowest BCUT2D eigenvalue weighted by molar-refractivity contribution is -0.137. The molecule has 2 saturated heterocycles. The fraction of sp³-hybridized carbons (Fsp3) is 0.522. The Morgan fingerprint density at radius 3 is 2.32 bits per heavy atom. The van der Waals surface area contributed by atoms with Gasteiger partial charge in [0.15, 0.2) is 5.82 Å². The smallest absolute Gasteiger partial charge is 0.387 e. The Hall–Kier alpha value is -2.97. The van der Waals surface area contributed by atoms with E-state index in [-0.39, 0.29) is 11.9 Å². The maximum atomic E-state index is 13.5. The quantitative estimate of drug-likeness (QED) is 0.537. The molecule has 0 bridgehead atoms. The minimum Gasteiger partial charge on any atom is -0.387 e. The van der Waals surface area contributed by atoms with Crippen molar-refractivity contribution in [3.05, 3.63) is 41.6 Å². The first-order valence-corrected chi connectivity index (χ1v) is 13.1. The van der Waals surface area contributed by atoms with Crippen LogP contribution in [-0.2, 0) is 17.5 Å². The fourth-order valence-electron chi connectivity index (χ4n) is 4.54. The Labute approximate surface area is 217 Å². The maximum absolute atomic E-state index is 13.5. The van der Waals surface area contributed by atoms with E-state index in [0.29, 0.717) is 70.4 Å². The van der Waals surface area contributed by atoms with Crippen molar-refractivity contribution in [2.45, 2.75) is 12.7 Å². The molecular formula is C23H30F3N7O3S. The van der Waals surface area contributed by atoms with E-state index in [9.17, 15) is 22.8 Å². The molecular weight excluding hydrogens is 511 g/mol. The number of nitrogens with zero attached hydrogens (tertiary/aromatic N) is 6. The summed E-state index contributed by atoms with van der Waals surface area (Å²) in [4.78, 5) is 31.8. The summed E-state index contributed by atoms with van der Waals surface area (Å²) in [6, 6.07) is 5.29. The molecule has 1 aromatic heterocycles. The normalized spacial score (nSPS) is 17.3. The first kappa shape index (κ1) is 27.1. The average Bonchev–Trinajstić information content (AvgIpc) is 3.37. The molecule has 0 saturated carbocycles. The van der Waals surface area contributed by atoms with Crippen LogP contribution in [0.4, 0.5) is 29.5 Å². The van der Waals surface area contributed by atoms with Crippen molar-refractivity contribution in [2.75, 3.05) is 74.8 Å². The van der Waals surface area contributed by atoms with Crippen molar-refractivity contribution in [2.24, 2.45) is 0 Å². The highest BCUT2D eigenvalue weighted by Crippen LogP contribution is 2.34. The third-order valence-corrected chi connectivity index (χ3v) is 6.96. The first-order chi connectivity index (χ1) is 17.7. The Balaban J connectivity index is 1.42. The van der Waals surface area contributed by atoms with Crippen molar-refractivity contribution in [3.8, 4) is 0 Å². The Kier molecular flexibility index (Phi) is 8.49. The van der Waals surface area contributed by atoms with Crippen molar-refractivity contribution in [1.29, 1.82) is 0 Å². The van der Waals surface area contributed by atoms with Crippen LogP contribution in [-0.4, -0.2) is 107 Å². The van der Waals surface area contributed by atoms with Gasteiger partial charge in [0.05, 0.1) is 5.56 Å². The van der Waals surface area contributed by atoms with Gasteiger partial charge in [-0.3, -0.25) is 9.69 Å². The number of alkyl halides is 3. The molecule has 3 heterocycles. The number of halogens is 3. The molecule has 10 nitrogen and oxygen atoms in total. The molecule has 2 aliphatic heterocycles. The van der Waals surface area contributed by atoms with E-state index in [4.69, 9.17) is 5.11 Å². The second-order valence-corrected chi connectivity index (χ2v) is 9.48. The minimum atomic E-state index is -4.47.